The largest absolute Gasteiger partial charge is 0.328 e. The fourth-order valence-corrected chi connectivity index (χ4v) is 2.26. The third kappa shape index (κ3) is 8.79. The Balaban J connectivity index is 2.35. The average Bonchev–Trinajstić information content (AvgIpc) is 2.43. The van der Waals surface area contributed by atoms with E-state index in [1.807, 2.05) is 18.2 Å². The number of amides is 1. The van der Waals surface area contributed by atoms with Gasteiger partial charge in [-0.3, -0.25) is 4.79 Å². The number of carbonyl (C=O) groups excluding carboxylic acids is 1. The van der Waals surface area contributed by atoms with Crippen LogP contribution in [0.25, 0.3) is 0 Å². The first-order chi connectivity index (χ1) is 10.1. The number of carbonyl (C=O) groups is 1. The minimum Gasteiger partial charge on any atom is -0.328 e. The fourth-order valence-electron chi connectivity index (χ4n) is 2.00. The first-order valence-corrected chi connectivity index (χ1v) is 8.48. The fraction of sp³-hybridized carbons (Fsp3) is 0.533. The lowest BCUT2D eigenvalue weighted by atomic mass is 10.1. The van der Waals surface area contributed by atoms with Crippen molar-refractivity contribution in [2.45, 2.75) is 45.4 Å². The Morgan fingerprint density at radius 3 is 2.81 bits per heavy atom. The van der Waals surface area contributed by atoms with E-state index in [1.54, 1.807) is 0 Å². The molecule has 0 aliphatic heterocycles. The molecule has 0 aliphatic carbocycles. The minimum absolute atomic E-state index is 0.00124. The van der Waals surface area contributed by atoms with Crippen LogP contribution < -0.4 is 5.32 Å². The molecule has 118 valence electrons. The second-order valence-corrected chi connectivity index (χ2v) is 5.66. The number of nitrogens with one attached hydrogen (secondary N) is 1. The van der Waals surface area contributed by atoms with Crippen LogP contribution in [0.15, 0.2) is 24.3 Å². The van der Waals surface area contributed by atoms with Crippen LogP contribution in [0, 0.1) is 0 Å². The summed E-state index contributed by atoms with van der Waals surface area (Å²) in [5.74, 6) is -0.199. The zero-order valence-electron chi connectivity index (χ0n) is 12.4. The molecule has 0 aromatic heterocycles. The Labute approximate surface area is 127 Å². The smallest absolute Gasteiger partial charge is 0.327 e. The first kappa shape index (κ1) is 18.1. The molecule has 0 unspecified atom stereocenters. The van der Waals surface area contributed by atoms with Crippen molar-refractivity contribution in [1.29, 1.82) is 0 Å². The van der Waals surface area contributed by atoms with Crippen LogP contribution in [0.5, 0.6) is 0 Å². The monoisotopic (exact) mass is 313 g/mol. The Morgan fingerprint density at radius 2 is 2.10 bits per heavy atom. The molecule has 0 atom stereocenters. The molecular weight excluding hydrogens is 289 g/mol. The lowest BCUT2D eigenvalue weighted by molar-refractivity contribution is -0.116. The number of unbranched alkanes of at least 4 members (excludes halogenated alkanes) is 3. The van der Waals surface area contributed by atoms with Crippen LogP contribution in [0.1, 0.15) is 44.6 Å². The number of anilines is 1. The Kier molecular flexibility index (Phi) is 9.19. The zero-order chi connectivity index (χ0) is 15.5. The molecule has 1 rings (SSSR count). The van der Waals surface area contributed by atoms with Gasteiger partial charge in [-0.1, -0.05) is 38.3 Å². The van der Waals surface area contributed by atoms with Crippen molar-refractivity contribution >= 4 is 20.2 Å². The van der Waals surface area contributed by atoms with Gasteiger partial charge in [0, 0.05) is 5.69 Å². The van der Waals surface area contributed by atoms with E-state index in [0.29, 0.717) is 0 Å². The first-order valence-electron chi connectivity index (χ1n) is 7.31. The molecule has 5 nitrogen and oxygen atoms in total. The van der Waals surface area contributed by atoms with E-state index >= 15 is 0 Å². The summed E-state index contributed by atoms with van der Waals surface area (Å²) in [5.41, 5.74) is 1.98. The van der Waals surface area contributed by atoms with Crippen molar-refractivity contribution in [3.05, 3.63) is 29.8 Å². The number of hydrogen-bond acceptors (Lipinski definition) is 4. The van der Waals surface area contributed by atoms with E-state index in [-0.39, 0.29) is 18.9 Å². The third-order valence-corrected chi connectivity index (χ3v) is 3.48. The zero-order valence-corrected chi connectivity index (χ0v) is 13.3. The van der Waals surface area contributed by atoms with Crippen molar-refractivity contribution < 1.29 is 19.1 Å². The van der Waals surface area contributed by atoms with Crippen molar-refractivity contribution in [1.82, 2.24) is 0 Å². The summed E-state index contributed by atoms with van der Waals surface area (Å²) in [6, 6.07) is 7.83. The Morgan fingerprint density at radius 1 is 1.29 bits per heavy atom. The van der Waals surface area contributed by atoms with Gasteiger partial charge >= 0.3 is 8.60 Å². The molecule has 0 saturated heterocycles. The molecular formula is C15H24NO4P. The second kappa shape index (κ2) is 10.7. The molecule has 3 N–H and O–H groups in total. The summed E-state index contributed by atoms with van der Waals surface area (Å²) in [6.07, 6.45) is 5.99. The second-order valence-electron chi connectivity index (χ2n) is 4.90. The van der Waals surface area contributed by atoms with Crippen molar-refractivity contribution in [2.75, 3.05) is 11.9 Å². The highest BCUT2D eigenvalue weighted by Crippen LogP contribution is 2.24. The Bertz CT molecular complexity index is 426. The lowest BCUT2D eigenvalue weighted by Gasteiger charge is -2.08. The highest BCUT2D eigenvalue weighted by molar-refractivity contribution is 7.39. The van der Waals surface area contributed by atoms with Crippen LogP contribution in [-0.4, -0.2) is 22.3 Å². The Hall–Kier alpha value is -1.00. The van der Waals surface area contributed by atoms with Crippen molar-refractivity contribution in [3.8, 4) is 0 Å². The van der Waals surface area contributed by atoms with Crippen LogP contribution in [0.2, 0.25) is 0 Å². The highest BCUT2D eigenvalue weighted by atomic mass is 31.2. The van der Waals surface area contributed by atoms with Gasteiger partial charge in [0.05, 0.1) is 13.0 Å². The number of aryl methyl sites for hydroxylation is 1. The van der Waals surface area contributed by atoms with Crippen LogP contribution >= 0.6 is 8.60 Å². The molecule has 0 heterocycles. The molecule has 1 aromatic rings. The maximum atomic E-state index is 11.7. The summed E-state index contributed by atoms with van der Waals surface area (Å²) in [4.78, 5) is 28.8. The van der Waals surface area contributed by atoms with Gasteiger partial charge in [-0.2, -0.15) is 0 Å². The summed E-state index contributed by atoms with van der Waals surface area (Å²) in [5, 5.41) is 2.78. The number of rotatable bonds is 10. The van der Waals surface area contributed by atoms with E-state index in [2.05, 4.69) is 22.8 Å². The average molecular weight is 313 g/mol. The molecule has 0 bridgehead atoms. The summed E-state index contributed by atoms with van der Waals surface area (Å²) < 4.78 is 4.57. The molecule has 0 aliphatic rings. The number of benzene rings is 1. The van der Waals surface area contributed by atoms with E-state index in [9.17, 15) is 4.79 Å². The summed E-state index contributed by atoms with van der Waals surface area (Å²) in [6.45, 7) is 2.19. The SMILES string of the molecule is CCCCCCc1cccc(NC(=O)CCOP(O)O)c1. The lowest BCUT2D eigenvalue weighted by Crippen LogP contribution is -2.13. The summed E-state index contributed by atoms with van der Waals surface area (Å²) in [7, 11) is -2.39. The maximum Gasteiger partial charge on any atom is 0.327 e. The quantitative estimate of drug-likeness (QED) is 0.457. The van der Waals surface area contributed by atoms with Gasteiger partial charge in [-0.25, -0.2) is 0 Å². The van der Waals surface area contributed by atoms with Gasteiger partial charge in [0.1, 0.15) is 0 Å². The molecule has 1 aromatic carbocycles. The molecule has 0 saturated carbocycles. The molecule has 6 heteroatoms. The van der Waals surface area contributed by atoms with Gasteiger partial charge in [0.15, 0.2) is 0 Å². The molecule has 0 spiro atoms. The van der Waals surface area contributed by atoms with E-state index in [4.69, 9.17) is 9.79 Å². The summed E-state index contributed by atoms with van der Waals surface area (Å²) >= 11 is 0. The van der Waals surface area contributed by atoms with Crippen molar-refractivity contribution in [2.24, 2.45) is 0 Å². The van der Waals surface area contributed by atoms with Gasteiger partial charge in [-0.05, 0) is 30.5 Å². The predicted octanol–water partition coefficient (Wildman–Crippen LogP) is 3.37. The molecule has 1 amide bonds. The third-order valence-electron chi connectivity index (χ3n) is 3.07. The van der Waals surface area contributed by atoms with E-state index in [0.717, 1.165) is 18.5 Å². The maximum absolute atomic E-state index is 11.7. The number of hydrogen-bond donors (Lipinski definition) is 3. The topological polar surface area (TPSA) is 78.8 Å². The van der Waals surface area contributed by atoms with E-state index in [1.165, 1.54) is 24.8 Å². The standard InChI is InChI=1S/C15H24NO4P/c1-2-3-4-5-7-13-8-6-9-14(12-13)16-15(17)10-11-20-21(18)19/h6,8-9,12,18-19H,2-5,7,10-11H2,1H3,(H,16,17). The van der Waals surface area contributed by atoms with Crippen LogP contribution in [0.3, 0.4) is 0 Å². The molecule has 21 heavy (non-hydrogen) atoms. The highest BCUT2D eigenvalue weighted by Gasteiger charge is 2.05. The van der Waals surface area contributed by atoms with Gasteiger partial charge < -0.3 is 19.6 Å². The van der Waals surface area contributed by atoms with Gasteiger partial charge in [-0.15, -0.1) is 0 Å². The van der Waals surface area contributed by atoms with Gasteiger partial charge in [0.25, 0.3) is 0 Å². The minimum atomic E-state index is -2.39. The van der Waals surface area contributed by atoms with Crippen LogP contribution in [-0.2, 0) is 15.7 Å². The van der Waals surface area contributed by atoms with Crippen molar-refractivity contribution in [3.63, 3.8) is 0 Å². The molecule has 0 radical (unpaired) electrons. The normalized spacial score (nSPS) is 10.9. The van der Waals surface area contributed by atoms with Gasteiger partial charge in [0.2, 0.25) is 5.91 Å². The predicted molar refractivity (Wildman–Crippen MR) is 84.8 cm³/mol. The molecule has 0 fully saturated rings. The van der Waals surface area contributed by atoms with E-state index < -0.39 is 8.60 Å². The van der Waals surface area contributed by atoms with Crippen LogP contribution in [0.4, 0.5) is 5.69 Å².